The number of anilines is 2. The van der Waals surface area contributed by atoms with E-state index < -0.39 is 5.97 Å². The standard InChI is InChI=1S/C16H20N2O4/c1-22-15-8-14-13(7-11(15)10-19)17(6-4-16(20)21)9-12-3-2-5-18(12)14/h7-8,10,12H,2-6,9H2,1H3,(H,20,21). The number of hydrogen-bond donors (Lipinski definition) is 1. The molecule has 1 aromatic carbocycles. The minimum Gasteiger partial charge on any atom is -0.496 e. The van der Waals surface area contributed by atoms with E-state index >= 15 is 0 Å². The van der Waals surface area contributed by atoms with Crippen molar-refractivity contribution in [2.24, 2.45) is 0 Å². The second-order valence-electron chi connectivity index (χ2n) is 5.78. The number of carboxylic acids is 1. The van der Waals surface area contributed by atoms with Gasteiger partial charge < -0.3 is 19.6 Å². The Bertz CT molecular complexity index is 602. The van der Waals surface area contributed by atoms with Crippen LogP contribution in [0.1, 0.15) is 29.6 Å². The van der Waals surface area contributed by atoms with E-state index in [1.54, 1.807) is 7.11 Å². The van der Waals surface area contributed by atoms with Crippen molar-refractivity contribution in [1.29, 1.82) is 0 Å². The third kappa shape index (κ3) is 2.49. The van der Waals surface area contributed by atoms with Gasteiger partial charge in [0.25, 0.3) is 0 Å². The largest absolute Gasteiger partial charge is 0.496 e. The van der Waals surface area contributed by atoms with Crippen LogP contribution in [0.2, 0.25) is 0 Å². The second kappa shape index (κ2) is 5.87. The van der Waals surface area contributed by atoms with Gasteiger partial charge in [-0.3, -0.25) is 9.59 Å². The molecule has 2 aliphatic rings. The number of methoxy groups -OCH3 is 1. The lowest BCUT2D eigenvalue weighted by Crippen LogP contribution is -2.46. The number of carbonyl (C=O) groups is 2. The Labute approximate surface area is 129 Å². The van der Waals surface area contributed by atoms with Crippen LogP contribution in [0.25, 0.3) is 0 Å². The molecule has 118 valence electrons. The summed E-state index contributed by atoms with van der Waals surface area (Å²) in [7, 11) is 1.56. The highest BCUT2D eigenvalue weighted by atomic mass is 16.5. The first kappa shape index (κ1) is 14.7. The lowest BCUT2D eigenvalue weighted by Gasteiger charge is -2.41. The molecule has 2 aliphatic heterocycles. The molecule has 6 nitrogen and oxygen atoms in total. The summed E-state index contributed by atoms with van der Waals surface area (Å²) in [4.78, 5) is 26.6. The highest BCUT2D eigenvalue weighted by Crippen LogP contribution is 2.42. The molecule has 1 fully saturated rings. The number of fused-ring (bicyclic) bond motifs is 3. The van der Waals surface area contributed by atoms with Gasteiger partial charge in [0.05, 0.1) is 30.5 Å². The summed E-state index contributed by atoms with van der Waals surface area (Å²) in [5.41, 5.74) is 2.48. The summed E-state index contributed by atoms with van der Waals surface area (Å²) in [6, 6.07) is 4.13. The lowest BCUT2D eigenvalue weighted by molar-refractivity contribution is -0.136. The molecule has 6 heteroatoms. The summed E-state index contributed by atoms with van der Waals surface area (Å²) in [5, 5.41) is 8.95. The Morgan fingerprint density at radius 2 is 2.27 bits per heavy atom. The maximum Gasteiger partial charge on any atom is 0.305 e. The van der Waals surface area contributed by atoms with E-state index in [4.69, 9.17) is 9.84 Å². The van der Waals surface area contributed by atoms with Crippen molar-refractivity contribution in [3.05, 3.63) is 17.7 Å². The number of carboxylic acid groups (broad SMARTS) is 1. The lowest BCUT2D eigenvalue weighted by atomic mass is 10.0. The van der Waals surface area contributed by atoms with Crippen LogP contribution < -0.4 is 14.5 Å². The van der Waals surface area contributed by atoms with Gasteiger partial charge in [0.1, 0.15) is 5.75 Å². The van der Waals surface area contributed by atoms with Gasteiger partial charge in [-0.2, -0.15) is 0 Å². The number of carbonyl (C=O) groups excluding carboxylic acids is 1. The Kier molecular flexibility index (Phi) is 3.92. The quantitative estimate of drug-likeness (QED) is 0.836. The van der Waals surface area contributed by atoms with Crippen molar-refractivity contribution in [3.8, 4) is 5.75 Å². The SMILES string of the molecule is COc1cc2c(cc1C=O)N(CCC(=O)O)CC1CCCN21. The van der Waals surface area contributed by atoms with Crippen LogP contribution in [-0.2, 0) is 4.79 Å². The molecule has 0 saturated carbocycles. The number of aldehydes is 1. The van der Waals surface area contributed by atoms with E-state index in [1.807, 2.05) is 12.1 Å². The fraction of sp³-hybridized carbons (Fsp3) is 0.500. The molecule has 0 bridgehead atoms. The minimum atomic E-state index is -0.806. The van der Waals surface area contributed by atoms with Crippen molar-refractivity contribution in [3.63, 3.8) is 0 Å². The van der Waals surface area contributed by atoms with Crippen molar-refractivity contribution in [2.45, 2.75) is 25.3 Å². The van der Waals surface area contributed by atoms with Crippen molar-refractivity contribution < 1.29 is 19.4 Å². The molecule has 1 N–H and O–H groups in total. The normalized spacial score (nSPS) is 19.6. The first-order valence-electron chi connectivity index (χ1n) is 7.54. The van der Waals surface area contributed by atoms with E-state index in [0.717, 1.165) is 43.6 Å². The van der Waals surface area contributed by atoms with Crippen molar-refractivity contribution in [1.82, 2.24) is 0 Å². The van der Waals surface area contributed by atoms with Gasteiger partial charge in [0, 0.05) is 31.7 Å². The third-order valence-corrected chi connectivity index (χ3v) is 4.51. The van der Waals surface area contributed by atoms with Crippen LogP contribution in [0.5, 0.6) is 5.75 Å². The third-order valence-electron chi connectivity index (χ3n) is 4.51. The molecule has 1 unspecified atom stereocenters. The van der Waals surface area contributed by atoms with Crippen molar-refractivity contribution in [2.75, 3.05) is 36.5 Å². The van der Waals surface area contributed by atoms with E-state index in [0.29, 0.717) is 23.9 Å². The molecular weight excluding hydrogens is 284 g/mol. The Balaban J connectivity index is 2.02. The smallest absolute Gasteiger partial charge is 0.305 e. The van der Waals surface area contributed by atoms with Crippen LogP contribution in [0.4, 0.5) is 11.4 Å². The van der Waals surface area contributed by atoms with Crippen LogP contribution in [0.15, 0.2) is 12.1 Å². The molecule has 0 spiro atoms. The number of benzene rings is 1. The second-order valence-corrected chi connectivity index (χ2v) is 5.78. The molecule has 1 saturated heterocycles. The summed E-state index contributed by atoms with van der Waals surface area (Å²) in [5.74, 6) is -0.237. The monoisotopic (exact) mass is 304 g/mol. The van der Waals surface area contributed by atoms with Crippen LogP contribution in [0, 0.1) is 0 Å². The molecule has 0 amide bonds. The van der Waals surface area contributed by atoms with Gasteiger partial charge in [0.15, 0.2) is 6.29 Å². The molecule has 0 aliphatic carbocycles. The Hall–Kier alpha value is -2.24. The highest BCUT2D eigenvalue weighted by Gasteiger charge is 2.34. The summed E-state index contributed by atoms with van der Waals surface area (Å²) in [6.45, 7) is 2.26. The summed E-state index contributed by atoms with van der Waals surface area (Å²) >= 11 is 0. The molecular formula is C16H20N2O4. The van der Waals surface area contributed by atoms with Crippen LogP contribution in [0.3, 0.4) is 0 Å². The van der Waals surface area contributed by atoms with Gasteiger partial charge in [-0.15, -0.1) is 0 Å². The zero-order valence-electron chi connectivity index (χ0n) is 12.6. The average molecular weight is 304 g/mol. The van der Waals surface area contributed by atoms with Crippen LogP contribution >= 0.6 is 0 Å². The number of ether oxygens (including phenoxy) is 1. The number of nitrogens with zero attached hydrogens (tertiary/aromatic N) is 2. The molecule has 3 rings (SSSR count). The Morgan fingerprint density at radius 1 is 1.45 bits per heavy atom. The zero-order chi connectivity index (χ0) is 15.7. The van der Waals surface area contributed by atoms with Crippen LogP contribution in [-0.4, -0.2) is 50.1 Å². The fourth-order valence-corrected chi connectivity index (χ4v) is 3.46. The molecule has 1 atom stereocenters. The first-order chi connectivity index (χ1) is 10.6. The number of hydrogen-bond acceptors (Lipinski definition) is 5. The minimum absolute atomic E-state index is 0.0919. The van der Waals surface area contributed by atoms with E-state index in [2.05, 4.69) is 9.80 Å². The molecule has 0 radical (unpaired) electrons. The maximum absolute atomic E-state index is 11.3. The van der Waals surface area contributed by atoms with Gasteiger partial charge >= 0.3 is 5.97 Å². The molecule has 1 aromatic rings. The summed E-state index contributed by atoms with van der Waals surface area (Å²) in [6.07, 6.45) is 3.12. The van der Waals surface area contributed by atoms with Gasteiger partial charge in [0.2, 0.25) is 0 Å². The fourth-order valence-electron chi connectivity index (χ4n) is 3.46. The zero-order valence-corrected chi connectivity index (χ0v) is 12.6. The highest BCUT2D eigenvalue weighted by molar-refractivity contribution is 5.88. The number of rotatable bonds is 5. The maximum atomic E-state index is 11.3. The van der Waals surface area contributed by atoms with Gasteiger partial charge in [-0.1, -0.05) is 0 Å². The predicted octanol–water partition coefficient (Wildman–Crippen LogP) is 1.77. The van der Waals surface area contributed by atoms with E-state index in [-0.39, 0.29) is 6.42 Å². The predicted molar refractivity (Wildman–Crippen MR) is 83.2 cm³/mol. The van der Waals surface area contributed by atoms with Gasteiger partial charge in [-0.25, -0.2) is 0 Å². The van der Waals surface area contributed by atoms with E-state index in [9.17, 15) is 9.59 Å². The summed E-state index contributed by atoms with van der Waals surface area (Å²) < 4.78 is 5.31. The van der Waals surface area contributed by atoms with Gasteiger partial charge in [-0.05, 0) is 18.9 Å². The van der Waals surface area contributed by atoms with E-state index in [1.165, 1.54) is 0 Å². The molecule has 0 aromatic heterocycles. The molecule has 2 heterocycles. The first-order valence-corrected chi connectivity index (χ1v) is 7.54. The topological polar surface area (TPSA) is 70.1 Å². The number of aliphatic carboxylic acids is 1. The molecule has 22 heavy (non-hydrogen) atoms. The Morgan fingerprint density at radius 3 is 2.95 bits per heavy atom. The van der Waals surface area contributed by atoms with Crippen molar-refractivity contribution >= 4 is 23.6 Å². The average Bonchev–Trinajstić information content (AvgIpc) is 2.99.